The zero-order chi connectivity index (χ0) is 16.8. The fourth-order valence-electron chi connectivity index (χ4n) is 4.10. The first kappa shape index (κ1) is 14.8. The molecule has 1 saturated heterocycles. The highest BCUT2D eigenvalue weighted by Gasteiger charge is 2.41. The van der Waals surface area contributed by atoms with E-state index in [1.165, 1.54) is 11.3 Å². The minimum absolute atomic E-state index is 0.169. The number of thiophene rings is 1. The van der Waals surface area contributed by atoms with Gasteiger partial charge in [0.2, 0.25) is 0 Å². The Bertz CT molecular complexity index is 903. The van der Waals surface area contributed by atoms with Crippen molar-refractivity contribution in [3.8, 4) is 11.4 Å². The molecule has 2 bridgehead atoms. The molecule has 1 amide bonds. The average molecular weight is 350 g/mol. The van der Waals surface area contributed by atoms with Crippen molar-refractivity contribution >= 4 is 17.2 Å². The van der Waals surface area contributed by atoms with Crippen molar-refractivity contribution in [2.45, 2.75) is 37.9 Å². The molecule has 2 aliphatic heterocycles. The van der Waals surface area contributed by atoms with E-state index in [2.05, 4.69) is 31.8 Å². The smallest absolute Gasteiger partial charge is 0.264 e. The van der Waals surface area contributed by atoms with E-state index >= 15 is 0 Å². The van der Waals surface area contributed by atoms with Crippen molar-refractivity contribution < 1.29 is 4.79 Å². The number of rotatable bonds is 2. The summed E-state index contributed by atoms with van der Waals surface area (Å²) < 4.78 is 2.22. The number of hydrogen-bond acceptors (Lipinski definition) is 4. The SMILES string of the molecule is O=C(c1cccs1)N1C2CCC1Cn1c(nnc1-c1ccccc1)C2. The number of hydrogen-bond donors (Lipinski definition) is 0. The molecule has 1 aromatic carbocycles. The molecule has 0 N–H and O–H groups in total. The van der Waals surface area contributed by atoms with Gasteiger partial charge >= 0.3 is 0 Å². The number of amides is 1. The second-order valence-corrected chi connectivity index (χ2v) is 7.64. The van der Waals surface area contributed by atoms with Gasteiger partial charge in [-0.2, -0.15) is 0 Å². The molecule has 3 aromatic rings. The topological polar surface area (TPSA) is 51.0 Å². The van der Waals surface area contributed by atoms with Crippen LogP contribution in [0.1, 0.15) is 28.3 Å². The first-order valence-corrected chi connectivity index (χ1v) is 9.53. The highest BCUT2D eigenvalue weighted by atomic mass is 32.1. The maximum atomic E-state index is 13.0. The Balaban J connectivity index is 1.51. The summed E-state index contributed by atoms with van der Waals surface area (Å²) in [5, 5.41) is 10.9. The summed E-state index contributed by atoms with van der Waals surface area (Å²) >= 11 is 1.52. The van der Waals surface area contributed by atoms with E-state index in [0.717, 1.165) is 47.9 Å². The summed E-state index contributed by atoms with van der Waals surface area (Å²) in [4.78, 5) is 15.9. The Labute approximate surface area is 149 Å². The van der Waals surface area contributed by atoms with Gasteiger partial charge in [0.05, 0.1) is 10.9 Å². The van der Waals surface area contributed by atoms with Gasteiger partial charge in [-0.25, -0.2) is 0 Å². The highest BCUT2D eigenvalue weighted by molar-refractivity contribution is 7.12. The number of nitrogens with zero attached hydrogens (tertiary/aromatic N) is 4. The van der Waals surface area contributed by atoms with Crippen LogP contribution < -0.4 is 0 Å². The molecular formula is C19H18N4OS. The fraction of sp³-hybridized carbons (Fsp3) is 0.316. The molecule has 4 heterocycles. The molecule has 5 rings (SSSR count). The van der Waals surface area contributed by atoms with E-state index in [1.54, 1.807) is 0 Å². The molecule has 0 spiro atoms. The standard InChI is InChI=1S/C19H18N4OS/c24-19(16-7-4-10-25-16)23-14-8-9-15(23)12-22-17(11-14)20-21-18(22)13-5-2-1-3-6-13/h1-7,10,14-15H,8-9,11-12H2. The molecule has 2 atom stereocenters. The van der Waals surface area contributed by atoms with Crippen LogP contribution in [0.5, 0.6) is 0 Å². The lowest BCUT2D eigenvalue weighted by molar-refractivity contribution is 0.0671. The Morgan fingerprint density at radius 1 is 1.04 bits per heavy atom. The summed E-state index contributed by atoms with van der Waals surface area (Å²) in [6, 6.07) is 14.5. The van der Waals surface area contributed by atoms with Gasteiger partial charge in [0.25, 0.3) is 5.91 Å². The van der Waals surface area contributed by atoms with Gasteiger partial charge in [0.15, 0.2) is 5.82 Å². The Kier molecular flexibility index (Phi) is 3.45. The van der Waals surface area contributed by atoms with Gasteiger partial charge in [0.1, 0.15) is 5.82 Å². The zero-order valence-electron chi connectivity index (χ0n) is 13.7. The molecule has 5 nitrogen and oxygen atoms in total. The molecule has 2 aliphatic rings. The van der Waals surface area contributed by atoms with Crippen LogP contribution in [0.15, 0.2) is 47.8 Å². The fourth-order valence-corrected chi connectivity index (χ4v) is 4.77. The first-order chi connectivity index (χ1) is 12.3. The summed E-state index contributed by atoms with van der Waals surface area (Å²) in [7, 11) is 0. The first-order valence-electron chi connectivity index (χ1n) is 8.65. The number of carbonyl (C=O) groups excluding carboxylic acids is 1. The van der Waals surface area contributed by atoms with Crippen LogP contribution in [0, 0.1) is 0 Å². The van der Waals surface area contributed by atoms with Gasteiger partial charge in [-0.3, -0.25) is 4.79 Å². The van der Waals surface area contributed by atoms with Crippen LogP contribution in [0.3, 0.4) is 0 Å². The molecule has 0 radical (unpaired) electrons. The zero-order valence-corrected chi connectivity index (χ0v) is 14.5. The van der Waals surface area contributed by atoms with E-state index in [9.17, 15) is 4.79 Å². The third-order valence-corrected chi connectivity index (χ3v) is 6.12. The minimum Gasteiger partial charge on any atom is -0.330 e. The summed E-state index contributed by atoms with van der Waals surface area (Å²) in [5.41, 5.74) is 1.08. The Hall–Kier alpha value is -2.47. The second-order valence-electron chi connectivity index (χ2n) is 6.70. The van der Waals surface area contributed by atoms with Crippen molar-refractivity contribution in [2.75, 3.05) is 0 Å². The van der Waals surface area contributed by atoms with Crippen molar-refractivity contribution in [3.05, 3.63) is 58.5 Å². The molecule has 0 aliphatic carbocycles. The van der Waals surface area contributed by atoms with Gasteiger partial charge in [-0.15, -0.1) is 21.5 Å². The monoisotopic (exact) mass is 350 g/mol. The Morgan fingerprint density at radius 3 is 2.68 bits per heavy atom. The van der Waals surface area contributed by atoms with E-state index in [0.29, 0.717) is 0 Å². The normalized spacial score (nSPS) is 21.8. The molecule has 1 fully saturated rings. The Morgan fingerprint density at radius 2 is 1.88 bits per heavy atom. The summed E-state index contributed by atoms with van der Waals surface area (Å²) in [5.74, 6) is 2.07. The summed E-state index contributed by atoms with van der Waals surface area (Å²) in [6.45, 7) is 0.778. The third-order valence-electron chi connectivity index (χ3n) is 5.26. The minimum atomic E-state index is 0.169. The summed E-state index contributed by atoms with van der Waals surface area (Å²) in [6.07, 6.45) is 2.89. The number of fused-ring (bicyclic) bond motifs is 3. The van der Waals surface area contributed by atoms with Crippen molar-refractivity contribution in [1.29, 1.82) is 0 Å². The predicted molar refractivity (Wildman–Crippen MR) is 96.5 cm³/mol. The van der Waals surface area contributed by atoms with E-state index in [1.807, 2.05) is 35.7 Å². The van der Waals surface area contributed by atoms with Crippen LogP contribution in [-0.2, 0) is 13.0 Å². The van der Waals surface area contributed by atoms with Crippen LogP contribution in [0.4, 0.5) is 0 Å². The molecule has 2 aromatic heterocycles. The quantitative estimate of drug-likeness (QED) is 0.713. The lowest BCUT2D eigenvalue weighted by Crippen LogP contribution is -2.41. The molecule has 2 unspecified atom stereocenters. The number of aromatic nitrogens is 3. The molecule has 25 heavy (non-hydrogen) atoms. The van der Waals surface area contributed by atoms with Gasteiger partial charge in [0, 0.05) is 24.6 Å². The van der Waals surface area contributed by atoms with Crippen LogP contribution in [0.2, 0.25) is 0 Å². The maximum Gasteiger partial charge on any atom is 0.264 e. The van der Waals surface area contributed by atoms with Gasteiger partial charge in [-0.05, 0) is 24.3 Å². The van der Waals surface area contributed by atoms with Crippen molar-refractivity contribution in [3.63, 3.8) is 0 Å². The third kappa shape index (κ3) is 2.40. The largest absolute Gasteiger partial charge is 0.330 e. The van der Waals surface area contributed by atoms with Crippen LogP contribution >= 0.6 is 11.3 Å². The van der Waals surface area contributed by atoms with E-state index in [4.69, 9.17) is 0 Å². The van der Waals surface area contributed by atoms with Gasteiger partial charge in [-0.1, -0.05) is 36.4 Å². The van der Waals surface area contributed by atoms with Crippen molar-refractivity contribution in [2.24, 2.45) is 0 Å². The predicted octanol–water partition coefficient (Wildman–Crippen LogP) is 3.24. The average Bonchev–Trinajstić information content (AvgIpc) is 3.35. The number of carbonyl (C=O) groups is 1. The second kappa shape index (κ2) is 5.81. The van der Waals surface area contributed by atoms with Crippen molar-refractivity contribution in [1.82, 2.24) is 19.7 Å². The molecule has 126 valence electrons. The highest BCUT2D eigenvalue weighted by Crippen LogP contribution is 2.34. The van der Waals surface area contributed by atoms with E-state index in [-0.39, 0.29) is 18.0 Å². The molecule has 0 saturated carbocycles. The molecular weight excluding hydrogens is 332 g/mol. The lowest BCUT2D eigenvalue weighted by atomic mass is 10.1. The van der Waals surface area contributed by atoms with Crippen LogP contribution in [-0.4, -0.2) is 37.7 Å². The van der Waals surface area contributed by atoms with Gasteiger partial charge < -0.3 is 9.47 Å². The maximum absolute atomic E-state index is 13.0. The molecule has 6 heteroatoms. The lowest BCUT2D eigenvalue weighted by Gasteiger charge is -2.27. The van der Waals surface area contributed by atoms with Crippen LogP contribution in [0.25, 0.3) is 11.4 Å². The number of benzene rings is 1. The van der Waals surface area contributed by atoms with E-state index < -0.39 is 0 Å².